The fourth-order valence-corrected chi connectivity index (χ4v) is 1.86. The van der Waals surface area contributed by atoms with Crippen LogP contribution in [0.5, 0.6) is 0 Å². The highest BCUT2D eigenvalue weighted by atomic mass is 16.5. The van der Waals surface area contributed by atoms with Crippen molar-refractivity contribution in [2.45, 2.75) is 0 Å². The van der Waals surface area contributed by atoms with Gasteiger partial charge in [-0.15, -0.1) is 0 Å². The van der Waals surface area contributed by atoms with E-state index < -0.39 is 11.9 Å². The van der Waals surface area contributed by atoms with Gasteiger partial charge in [-0.05, 0) is 36.4 Å². The molecule has 0 bridgehead atoms. The van der Waals surface area contributed by atoms with Gasteiger partial charge in [0.1, 0.15) is 6.61 Å². The van der Waals surface area contributed by atoms with E-state index in [1.807, 2.05) is 0 Å². The Morgan fingerprint density at radius 2 is 1.50 bits per heavy atom. The number of hydrogen-bond donors (Lipinski definition) is 1. The van der Waals surface area contributed by atoms with E-state index in [1.54, 1.807) is 12.1 Å². The summed E-state index contributed by atoms with van der Waals surface area (Å²) in [5.41, 5.74) is 1.14. The summed E-state index contributed by atoms with van der Waals surface area (Å²) in [5, 5.41) is 2.63. The Morgan fingerprint density at radius 1 is 0.917 bits per heavy atom. The first-order chi connectivity index (χ1) is 11.6. The number of esters is 2. The Labute approximate surface area is 138 Å². The molecular weight excluding hydrogens is 312 g/mol. The second-order valence-corrected chi connectivity index (χ2v) is 4.70. The van der Waals surface area contributed by atoms with Gasteiger partial charge in [0.25, 0.3) is 5.91 Å². The highest BCUT2D eigenvalue weighted by Gasteiger charge is 2.10. The van der Waals surface area contributed by atoms with Crippen LogP contribution in [-0.4, -0.2) is 43.1 Å². The molecule has 1 N–H and O–H groups in total. The monoisotopic (exact) mass is 328 g/mol. The SMILES string of the molecule is COC(=O)c1ccc(C(=O)OCCNC(=O)c2ccncc2)cc1. The standard InChI is InChI=1S/C17H16N2O5/c1-23-16(21)13-2-4-14(5-3-13)17(22)24-11-10-19-15(20)12-6-8-18-9-7-12/h2-9H,10-11H2,1H3,(H,19,20). The molecule has 0 saturated carbocycles. The van der Waals surface area contributed by atoms with Gasteiger partial charge in [0.2, 0.25) is 0 Å². The lowest BCUT2D eigenvalue weighted by molar-refractivity contribution is 0.0501. The average molecular weight is 328 g/mol. The second kappa shape index (κ2) is 8.42. The predicted molar refractivity (Wildman–Crippen MR) is 84.6 cm³/mol. The molecule has 0 aliphatic carbocycles. The Morgan fingerprint density at radius 3 is 2.08 bits per heavy atom. The lowest BCUT2D eigenvalue weighted by Gasteiger charge is -2.07. The highest BCUT2D eigenvalue weighted by molar-refractivity contribution is 5.94. The molecule has 1 aromatic carbocycles. The van der Waals surface area contributed by atoms with E-state index in [9.17, 15) is 14.4 Å². The van der Waals surface area contributed by atoms with Crippen LogP contribution in [0, 0.1) is 0 Å². The number of rotatable bonds is 6. The normalized spacial score (nSPS) is 9.88. The molecule has 0 aliphatic rings. The molecule has 0 unspecified atom stereocenters. The van der Waals surface area contributed by atoms with Crippen LogP contribution in [0.3, 0.4) is 0 Å². The van der Waals surface area contributed by atoms with Crippen LogP contribution in [0.2, 0.25) is 0 Å². The lowest BCUT2D eigenvalue weighted by atomic mass is 10.1. The van der Waals surface area contributed by atoms with Crippen LogP contribution in [0.25, 0.3) is 0 Å². The number of carbonyl (C=O) groups excluding carboxylic acids is 3. The second-order valence-electron chi connectivity index (χ2n) is 4.70. The number of aromatic nitrogens is 1. The fraction of sp³-hybridized carbons (Fsp3) is 0.176. The van der Waals surface area contributed by atoms with E-state index in [0.29, 0.717) is 16.7 Å². The van der Waals surface area contributed by atoms with E-state index >= 15 is 0 Å². The molecule has 0 aliphatic heterocycles. The first-order valence-corrected chi connectivity index (χ1v) is 7.15. The molecule has 124 valence electrons. The van der Waals surface area contributed by atoms with Crippen LogP contribution in [0.4, 0.5) is 0 Å². The van der Waals surface area contributed by atoms with Gasteiger partial charge >= 0.3 is 11.9 Å². The minimum absolute atomic E-state index is 0.0361. The number of carbonyl (C=O) groups is 3. The van der Waals surface area contributed by atoms with E-state index in [4.69, 9.17) is 4.74 Å². The van der Waals surface area contributed by atoms with Crippen LogP contribution in [-0.2, 0) is 9.47 Å². The molecule has 7 heteroatoms. The largest absolute Gasteiger partial charge is 0.465 e. The maximum atomic E-state index is 11.9. The number of methoxy groups -OCH3 is 1. The number of ether oxygens (including phenoxy) is 2. The van der Waals surface area contributed by atoms with Gasteiger partial charge in [0.05, 0.1) is 24.8 Å². The molecule has 0 saturated heterocycles. The van der Waals surface area contributed by atoms with Crippen molar-refractivity contribution in [1.82, 2.24) is 10.3 Å². The molecule has 0 spiro atoms. The molecule has 0 radical (unpaired) electrons. The van der Waals surface area contributed by atoms with Crippen molar-refractivity contribution in [2.75, 3.05) is 20.3 Å². The number of pyridine rings is 1. The van der Waals surface area contributed by atoms with E-state index in [0.717, 1.165) is 0 Å². The maximum Gasteiger partial charge on any atom is 0.338 e. The predicted octanol–water partition coefficient (Wildman–Crippen LogP) is 1.46. The third-order valence-electron chi connectivity index (χ3n) is 3.10. The topological polar surface area (TPSA) is 94.6 Å². The summed E-state index contributed by atoms with van der Waals surface area (Å²) in [6.07, 6.45) is 3.04. The Hall–Kier alpha value is -3.22. The van der Waals surface area contributed by atoms with Crippen LogP contribution < -0.4 is 5.32 Å². The summed E-state index contributed by atoms with van der Waals surface area (Å²) in [4.78, 5) is 38.7. The van der Waals surface area contributed by atoms with Gasteiger partial charge in [-0.3, -0.25) is 9.78 Å². The van der Waals surface area contributed by atoms with Gasteiger partial charge in [0.15, 0.2) is 0 Å². The van der Waals surface area contributed by atoms with Gasteiger partial charge in [-0.1, -0.05) is 0 Å². The third-order valence-corrected chi connectivity index (χ3v) is 3.10. The van der Waals surface area contributed by atoms with Crippen molar-refractivity contribution in [2.24, 2.45) is 0 Å². The van der Waals surface area contributed by atoms with Crippen LogP contribution >= 0.6 is 0 Å². The molecule has 2 aromatic rings. The zero-order chi connectivity index (χ0) is 17.4. The number of amides is 1. The van der Waals surface area contributed by atoms with Gasteiger partial charge in [-0.2, -0.15) is 0 Å². The smallest absolute Gasteiger partial charge is 0.338 e. The third kappa shape index (κ3) is 4.64. The van der Waals surface area contributed by atoms with E-state index in [1.165, 1.54) is 43.8 Å². The minimum Gasteiger partial charge on any atom is -0.465 e. The van der Waals surface area contributed by atoms with E-state index in [2.05, 4.69) is 15.0 Å². The minimum atomic E-state index is -0.537. The molecule has 7 nitrogen and oxygen atoms in total. The van der Waals surface area contributed by atoms with Gasteiger partial charge in [-0.25, -0.2) is 9.59 Å². The van der Waals surface area contributed by atoms with Crippen molar-refractivity contribution in [1.29, 1.82) is 0 Å². The molecule has 1 amide bonds. The molecule has 1 heterocycles. The molecule has 1 aromatic heterocycles. The van der Waals surface area contributed by atoms with E-state index in [-0.39, 0.29) is 19.1 Å². The van der Waals surface area contributed by atoms with Crippen LogP contribution in [0.15, 0.2) is 48.8 Å². The summed E-state index contributed by atoms with van der Waals surface area (Å²) < 4.78 is 9.63. The molecular formula is C17H16N2O5. The quantitative estimate of drug-likeness (QED) is 0.637. The van der Waals surface area contributed by atoms with Crippen molar-refractivity contribution in [3.05, 3.63) is 65.5 Å². The first kappa shape index (κ1) is 17.1. The van der Waals surface area contributed by atoms with Crippen LogP contribution in [0.1, 0.15) is 31.1 Å². The molecule has 2 rings (SSSR count). The average Bonchev–Trinajstić information content (AvgIpc) is 2.65. The lowest BCUT2D eigenvalue weighted by Crippen LogP contribution is -2.28. The van der Waals surface area contributed by atoms with Gasteiger partial charge < -0.3 is 14.8 Å². The molecule has 24 heavy (non-hydrogen) atoms. The fourth-order valence-electron chi connectivity index (χ4n) is 1.86. The summed E-state index contributed by atoms with van der Waals surface area (Å²) in [5.74, 6) is -1.28. The van der Waals surface area contributed by atoms with Crippen molar-refractivity contribution in [3.8, 4) is 0 Å². The number of benzene rings is 1. The molecule has 0 atom stereocenters. The summed E-state index contributed by atoms with van der Waals surface area (Å²) in [7, 11) is 1.28. The highest BCUT2D eigenvalue weighted by Crippen LogP contribution is 2.07. The summed E-state index contributed by atoms with van der Waals surface area (Å²) in [6, 6.07) is 9.09. The Kier molecular flexibility index (Phi) is 6.01. The zero-order valence-corrected chi connectivity index (χ0v) is 13.0. The Balaban J connectivity index is 1.77. The number of nitrogens with zero attached hydrogens (tertiary/aromatic N) is 1. The van der Waals surface area contributed by atoms with Crippen molar-refractivity contribution < 1.29 is 23.9 Å². The molecule has 0 fully saturated rings. The number of nitrogens with one attached hydrogen (secondary N) is 1. The maximum absolute atomic E-state index is 11.9. The summed E-state index contributed by atoms with van der Waals surface area (Å²) >= 11 is 0. The van der Waals surface area contributed by atoms with Gasteiger partial charge in [0, 0.05) is 18.0 Å². The first-order valence-electron chi connectivity index (χ1n) is 7.15. The zero-order valence-electron chi connectivity index (χ0n) is 13.0. The number of hydrogen-bond acceptors (Lipinski definition) is 6. The van der Waals surface area contributed by atoms with Crippen molar-refractivity contribution >= 4 is 17.8 Å². The Bertz CT molecular complexity index is 714. The summed E-state index contributed by atoms with van der Waals surface area (Å²) in [6.45, 7) is 0.224. The van der Waals surface area contributed by atoms with Crippen molar-refractivity contribution in [3.63, 3.8) is 0 Å².